The van der Waals surface area contributed by atoms with E-state index in [0.29, 0.717) is 23.7 Å². The van der Waals surface area contributed by atoms with Crippen molar-refractivity contribution in [2.45, 2.75) is 78.4 Å². The topological polar surface area (TPSA) is 52.6 Å². The summed E-state index contributed by atoms with van der Waals surface area (Å²) < 4.78 is 35.0. The number of hydrogen-bond acceptors (Lipinski definition) is 4. The van der Waals surface area contributed by atoms with Crippen molar-refractivity contribution in [3.8, 4) is 0 Å². The van der Waals surface area contributed by atoms with Crippen molar-refractivity contribution in [3.05, 3.63) is 0 Å². The van der Waals surface area contributed by atoms with Gasteiger partial charge in [0.2, 0.25) is 0 Å². The molecule has 2 fully saturated rings. The monoisotopic (exact) mass is 318 g/mol. The molecule has 0 aromatic rings. The van der Waals surface area contributed by atoms with Crippen LogP contribution in [-0.4, -0.2) is 20.6 Å². The molecule has 2 rings (SSSR count). The minimum atomic E-state index is -3.87. The summed E-state index contributed by atoms with van der Waals surface area (Å²) in [5, 5.41) is 0. The summed E-state index contributed by atoms with van der Waals surface area (Å²) in [6.07, 6.45) is 5.11. The van der Waals surface area contributed by atoms with Crippen LogP contribution in [0.15, 0.2) is 0 Å². The fourth-order valence-corrected chi connectivity index (χ4v) is 5.29. The molecule has 0 bridgehead atoms. The fraction of sp³-hybridized carbons (Fsp3) is 1.00. The molecular weight excluding hydrogens is 288 g/mol. The van der Waals surface area contributed by atoms with Crippen LogP contribution in [-0.2, 0) is 18.8 Å². The molecule has 4 nitrogen and oxygen atoms in total. The van der Waals surface area contributed by atoms with E-state index in [-0.39, 0.29) is 12.2 Å². The summed E-state index contributed by atoms with van der Waals surface area (Å²) in [5.41, 5.74) is 0. The van der Waals surface area contributed by atoms with Crippen molar-refractivity contribution >= 4 is 10.4 Å². The maximum Gasteiger partial charge on any atom is 0.400 e. The first-order chi connectivity index (χ1) is 9.73. The van der Waals surface area contributed by atoms with E-state index in [4.69, 9.17) is 8.37 Å². The van der Waals surface area contributed by atoms with Crippen LogP contribution in [0.2, 0.25) is 0 Å². The Balaban J connectivity index is 1.89. The Hall–Kier alpha value is -0.130. The zero-order valence-electron chi connectivity index (χ0n) is 13.7. The molecule has 2 aliphatic rings. The van der Waals surface area contributed by atoms with Crippen LogP contribution in [0.1, 0.15) is 66.2 Å². The van der Waals surface area contributed by atoms with Crippen molar-refractivity contribution in [1.29, 1.82) is 0 Å². The molecule has 2 saturated carbocycles. The van der Waals surface area contributed by atoms with E-state index in [1.165, 1.54) is 0 Å². The number of rotatable bonds is 4. The second-order valence-electron chi connectivity index (χ2n) is 7.68. The molecule has 5 heteroatoms. The van der Waals surface area contributed by atoms with E-state index < -0.39 is 10.4 Å². The van der Waals surface area contributed by atoms with E-state index in [1.807, 2.05) is 0 Å². The molecule has 0 aliphatic heterocycles. The van der Waals surface area contributed by atoms with Gasteiger partial charge >= 0.3 is 10.4 Å². The minimum absolute atomic E-state index is 0.216. The van der Waals surface area contributed by atoms with Crippen LogP contribution in [0, 0.1) is 23.7 Å². The summed E-state index contributed by atoms with van der Waals surface area (Å²) >= 11 is 0. The average molecular weight is 318 g/mol. The highest BCUT2D eigenvalue weighted by Crippen LogP contribution is 2.34. The highest BCUT2D eigenvalue weighted by Gasteiger charge is 2.33. The highest BCUT2D eigenvalue weighted by atomic mass is 32.3. The Morgan fingerprint density at radius 1 is 0.619 bits per heavy atom. The van der Waals surface area contributed by atoms with Gasteiger partial charge in [0.05, 0.1) is 12.2 Å². The summed E-state index contributed by atoms with van der Waals surface area (Å²) in [6, 6.07) is 0. The first-order valence-electron chi connectivity index (χ1n) is 8.35. The third-order valence-electron chi connectivity index (χ3n) is 4.78. The van der Waals surface area contributed by atoms with Crippen LogP contribution in [0.4, 0.5) is 0 Å². The Kier molecular flexibility index (Phi) is 5.71. The van der Waals surface area contributed by atoms with Crippen LogP contribution >= 0.6 is 0 Å². The summed E-state index contributed by atoms with van der Waals surface area (Å²) in [6.45, 7) is 8.63. The molecule has 0 spiro atoms. The largest absolute Gasteiger partial charge is 0.400 e. The van der Waals surface area contributed by atoms with Gasteiger partial charge in [-0.3, -0.25) is 0 Å². The summed E-state index contributed by atoms with van der Waals surface area (Å²) in [4.78, 5) is 0. The Morgan fingerprint density at radius 2 is 0.905 bits per heavy atom. The summed E-state index contributed by atoms with van der Waals surface area (Å²) in [5.74, 6) is 2.07. The van der Waals surface area contributed by atoms with Crippen LogP contribution in [0.3, 0.4) is 0 Å². The number of hydrogen-bond donors (Lipinski definition) is 0. The third kappa shape index (κ3) is 5.53. The van der Waals surface area contributed by atoms with Crippen LogP contribution in [0.5, 0.6) is 0 Å². The lowest BCUT2D eigenvalue weighted by Crippen LogP contribution is -2.33. The zero-order valence-corrected chi connectivity index (χ0v) is 14.6. The van der Waals surface area contributed by atoms with Gasteiger partial charge in [-0.2, -0.15) is 8.42 Å². The van der Waals surface area contributed by atoms with Gasteiger partial charge in [0.15, 0.2) is 0 Å². The first kappa shape index (κ1) is 17.2. The highest BCUT2D eigenvalue weighted by molar-refractivity contribution is 7.81. The molecule has 0 saturated heterocycles. The average Bonchev–Trinajstić information content (AvgIpc) is 2.23. The second-order valence-corrected chi connectivity index (χ2v) is 8.88. The molecule has 4 atom stereocenters. The Labute approximate surface area is 129 Å². The molecule has 0 heterocycles. The van der Waals surface area contributed by atoms with Gasteiger partial charge in [-0.05, 0) is 62.2 Å². The fourth-order valence-electron chi connectivity index (χ4n) is 4.26. The van der Waals surface area contributed by atoms with Crippen molar-refractivity contribution in [2.75, 3.05) is 0 Å². The van der Waals surface area contributed by atoms with E-state index in [1.54, 1.807) is 0 Å². The van der Waals surface area contributed by atoms with E-state index in [2.05, 4.69) is 27.7 Å². The molecule has 4 unspecified atom stereocenters. The second kappa shape index (κ2) is 6.97. The Bertz CT molecular complexity index is 380. The smallest absolute Gasteiger partial charge is 0.245 e. The standard InChI is InChI=1S/C16H30O4S/c1-11-5-12(2)8-15(7-11)19-21(17,18)20-16-9-13(3)6-14(4)10-16/h11-16H,5-10H2,1-4H3. The van der Waals surface area contributed by atoms with Gasteiger partial charge in [0.25, 0.3) is 0 Å². The SMILES string of the molecule is CC1CC(C)CC(OS(=O)(=O)OC2CC(C)CC(C)C2)C1. The van der Waals surface area contributed by atoms with Gasteiger partial charge in [0, 0.05) is 0 Å². The van der Waals surface area contributed by atoms with Crippen molar-refractivity contribution in [3.63, 3.8) is 0 Å². The molecule has 124 valence electrons. The van der Waals surface area contributed by atoms with Gasteiger partial charge in [-0.25, -0.2) is 8.37 Å². The van der Waals surface area contributed by atoms with Crippen molar-refractivity contribution in [1.82, 2.24) is 0 Å². The summed E-state index contributed by atoms with van der Waals surface area (Å²) in [7, 11) is -3.87. The molecule has 21 heavy (non-hydrogen) atoms. The molecular formula is C16H30O4S. The quantitative estimate of drug-likeness (QED) is 0.788. The van der Waals surface area contributed by atoms with Crippen molar-refractivity contribution < 1.29 is 16.8 Å². The zero-order chi connectivity index (χ0) is 15.6. The first-order valence-corrected chi connectivity index (χ1v) is 9.68. The van der Waals surface area contributed by atoms with E-state index in [9.17, 15) is 8.42 Å². The molecule has 0 aromatic carbocycles. The maximum atomic E-state index is 12.1. The van der Waals surface area contributed by atoms with Gasteiger partial charge < -0.3 is 0 Å². The maximum absolute atomic E-state index is 12.1. The Morgan fingerprint density at radius 3 is 1.19 bits per heavy atom. The predicted molar refractivity (Wildman–Crippen MR) is 83.0 cm³/mol. The van der Waals surface area contributed by atoms with E-state index >= 15 is 0 Å². The minimum Gasteiger partial charge on any atom is -0.245 e. The normalized spacial score (nSPS) is 41.9. The molecule has 2 aliphatic carbocycles. The predicted octanol–water partition coefficient (Wildman–Crippen LogP) is 3.91. The lowest BCUT2D eigenvalue weighted by atomic mass is 9.82. The third-order valence-corrected chi connectivity index (χ3v) is 5.79. The lowest BCUT2D eigenvalue weighted by molar-refractivity contribution is 0.0505. The van der Waals surface area contributed by atoms with Crippen molar-refractivity contribution in [2.24, 2.45) is 23.7 Å². The van der Waals surface area contributed by atoms with Gasteiger partial charge in [-0.1, -0.05) is 27.7 Å². The molecule has 0 N–H and O–H groups in total. The molecule has 0 aromatic heterocycles. The molecule has 0 amide bonds. The van der Waals surface area contributed by atoms with Gasteiger partial charge in [-0.15, -0.1) is 0 Å². The van der Waals surface area contributed by atoms with Gasteiger partial charge in [0.1, 0.15) is 0 Å². The van der Waals surface area contributed by atoms with Crippen LogP contribution in [0.25, 0.3) is 0 Å². The molecule has 0 radical (unpaired) electrons. The lowest BCUT2D eigenvalue weighted by Gasteiger charge is -2.33. The van der Waals surface area contributed by atoms with Crippen LogP contribution < -0.4 is 0 Å². The van der Waals surface area contributed by atoms with E-state index in [0.717, 1.165) is 38.5 Å².